The Labute approximate surface area is 132 Å². The molecule has 3 rings (SSSR count). The number of hydrogen-bond acceptors (Lipinski definition) is 2. The lowest BCUT2D eigenvalue weighted by Crippen LogP contribution is -2.61. The van der Waals surface area contributed by atoms with Crippen LogP contribution in [0.15, 0.2) is 12.2 Å². The topological polar surface area (TPSA) is 74.6 Å². The summed E-state index contributed by atoms with van der Waals surface area (Å²) in [6.45, 7) is 8.14. The van der Waals surface area contributed by atoms with Crippen molar-refractivity contribution < 1.29 is 19.8 Å². The van der Waals surface area contributed by atoms with Gasteiger partial charge in [-0.2, -0.15) is 0 Å². The Balaban J connectivity index is 2.66. The smallest absolute Gasteiger partial charge is 0.311 e. The molecule has 0 amide bonds. The fraction of sp³-hybridized carbons (Fsp3) is 0.778. The summed E-state index contributed by atoms with van der Waals surface area (Å²) in [5.74, 6) is -2.37. The molecule has 0 aromatic carbocycles. The zero-order valence-electron chi connectivity index (χ0n) is 14.0. The van der Waals surface area contributed by atoms with Crippen molar-refractivity contribution in [1.29, 1.82) is 0 Å². The number of aliphatic carboxylic acids is 2. The summed E-state index contributed by atoms with van der Waals surface area (Å²) in [5, 5.41) is 20.0. The maximum Gasteiger partial charge on any atom is 0.311 e. The maximum atomic E-state index is 12.4. The van der Waals surface area contributed by atoms with Crippen molar-refractivity contribution in [2.75, 3.05) is 0 Å². The summed E-state index contributed by atoms with van der Waals surface area (Å²) < 4.78 is 0. The lowest BCUT2D eigenvalue weighted by Gasteiger charge is -2.59. The van der Waals surface area contributed by atoms with Gasteiger partial charge in [-0.15, -0.1) is 0 Å². The number of rotatable bonds is 6. The van der Waals surface area contributed by atoms with Crippen LogP contribution in [0.5, 0.6) is 0 Å². The van der Waals surface area contributed by atoms with Gasteiger partial charge in [-0.05, 0) is 43.4 Å². The molecule has 0 aliphatic heterocycles. The molecule has 124 valence electrons. The van der Waals surface area contributed by atoms with Gasteiger partial charge in [-0.3, -0.25) is 9.59 Å². The van der Waals surface area contributed by atoms with Crippen molar-refractivity contribution in [1.82, 2.24) is 0 Å². The first-order valence-corrected chi connectivity index (χ1v) is 8.32. The highest BCUT2D eigenvalue weighted by molar-refractivity contribution is 5.86. The van der Waals surface area contributed by atoms with Crippen LogP contribution in [0.1, 0.15) is 53.4 Å². The molecule has 1 saturated carbocycles. The Hall–Kier alpha value is -1.32. The second-order valence-electron chi connectivity index (χ2n) is 8.01. The summed E-state index contributed by atoms with van der Waals surface area (Å²) >= 11 is 0. The molecule has 0 saturated heterocycles. The molecule has 2 N–H and O–H groups in total. The van der Waals surface area contributed by atoms with E-state index in [4.69, 9.17) is 0 Å². The zero-order chi connectivity index (χ0) is 16.7. The molecule has 4 heteroatoms. The number of fused-ring (bicyclic) bond motifs is 2. The molecule has 1 fully saturated rings. The van der Waals surface area contributed by atoms with Gasteiger partial charge in [0.25, 0.3) is 0 Å². The van der Waals surface area contributed by atoms with Gasteiger partial charge in [0.05, 0.1) is 11.3 Å². The normalized spacial score (nSPS) is 37.0. The van der Waals surface area contributed by atoms with Crippen LogP contribution in [0.3, 0.4) is 0 Å². The van der Waals surface area contributed by atoms with E-state index in [1.54, 1.807) is 0 Å². The Morgan fingerprint density at radius 1 is 1.14 bits per heavy atom. The van der Waals surface area contributed by atoms with Crippen LogP contribution in [0, 0.1) is 34.5 Å². The minimum absolute atomic E-state index is 0.148. The second-order valence-corrected chi connectivity index (χ2v) is 8.01. The lowest BCUT2D eigenvalue weighted by molar-refractivity contribution is -0.188. The summed E-state index contributed by atoms with van der Waals surface area (Å²) in [5.41, 5.74) is -1.72. The molecule has 22 heavy (non-hydrogen) atoms. The molecular weight excluding hydrogens is 280 g/mol. The van der Waals surface area contributed by atoms with E-state index in [0.29, 0.717) is 12.3 Å². The summed E-state index contributed by atoms with van der Waals surface area (Å²) in [7, 11) is 0. The van der Waals surface area contributed by atoms with Crippen molar-refractivity contribution in [3.63, 3.8) is 0 Å². The van der Waals surface area contributed by atoms with E-state index in [0.717, 1.165) is 19.3 Å². The van der Waals surface area contributed by atoms with Gasteiger partial charge in [0.15, 0.2) is 0 Å². The van der Waals surface area contributed by atoms with E-state index >= 15 is 0 Å². The number of hydrogen-bond donors (Lipinski definition) is 2. The van der Waals surface area contributed by atoms with Crippen LogP contribution in [-0.2, 0) is 9.59 Å². The van der Waals surface area contributed by atoms with Crippen LogP contribution < -0.4 is 0 Å². The van der Waals surface area contributed by atoms with Crippen LogP contribution in [0.25, 0.3) is 0 Å². The average molecular weight is 308 g/mol. The molecule has 0 heterocycles. The maximum absolute atomic E-state index is 12.4. The molecule has 4 atom stereocenters. The van der Waals surface area contributed by atoms with Gasteiger partial charge in [0, 0.05) is 5.41 Å². The highest BCUT2D eigenvalue weighted by atomic mass is 16.4. The lowest BCUT2D eigenvalue weighted by atomic mass is 9.42. The van der Waals surface area contributed by atoms with Crippen LogP contribution in [0.2, 0.25) is 0 Å². The van der Waals surface area contributed by atoms with Gasteiger partial charge >= 0.3 is 11.9 Å². The van der Waals surface area contributed by atoms with Gasteiger partial charge in [0.1, 0.15) is 0 Å². The molecule has 0 radical (unpaired) electrons. The summed E-state index contributed by atoms with van der Waals surface area (Å²) in [4.78, 5) is 24.4. The highest BCUT2D eigenvalue weighted by Crippen LogP contribution is 2.65. The van der Waals surface area contributed by atoms with Crippen molar-refractivity contribution >= 4 is 11.9 Å². The summed E-state index contributed by atoms with van der Waals surface area (Å²) in [6.07, 6.45) is 6.76. The van der Waals surface area contributed by atoms with E-state index in [-0.39, 0.29) is 11.8 Å². The SMILES string of the molecule is CC(C)CC12C=CC(CC1)C(C(=O)O)C2(CC(C)C)C(=O)O. The molecule has 4 nitrogen and oxygen atoms in total. The standard InChI is InChI=1S/C18H28O4/c1-11(2)9-17-7-5-13(6-8-17)14(15(19)20)18(17,16(21)22)10-12(3)4/h5,7,11-14H,6,8-10H2,1-4H3,(H,19,20)(H,21,22). The van der Waals surface area contributed by atoms with Gasteiger partial charge < -0.3 is 10.2 Å². The van der Waals surface area contributed by atoms with E-state index in [9.17, 15) is 19.8 Å². The fourth-order valence-electron chi connectivity index (χ4n) is 5.12. The van der Waals surface area contributed by atoms with E-state index in [1.807, 2.05) is 19.9 Å². The third kappa shape index (κ3) is 2.37. The van der Waals surface area contributed by atoms with Gasteiger partial charge in [-0.1, -0.05) is 39.8 Å². The predicted molar refractivity (Wildman–Crippen MR) is 84.4 cm³/mol. The zero-order valence-corrected chi connectivity index (χ0v) is 14.0. The Bertz CT molecular complexity index is 493. The first-order chi connectivity index (χ1) is 10.2. The van der Waals surface area contributed by atoms with Crippen LogP contribution >= 0.6 is 0 Å². The number of carboxylic acids is 2. The Morgan fingerprint density at radius 3 is 2.09 bits per heavy atom. The van der Waals surface area contributed by atoms with E-state index in [2.05, 4.69) is 19.9 Å². The second kappa shape index (κ2) is 5.71. The molecule has 3 aliphatic carbocycles. The first-order valence-electron chi connectivity index (χ1n) is 8.32. The first kappa shape index (κ1) is 17.0. The average Bonchev–Trinajstić information content (AvgIpc) is 2.37. The van der Waals surface area contributed by atoms with Crippen LogP contribution in [-0.4, -0.2) is 22.2 Å². The number of carboxylic acid groups (broad SMARTS) is 2. The summed E-state index contributed by atoms with van der Waals surface area (Å²) in [6, 6.07) is 0. The number of carbonyl (C=O) groups is 2. The van der Waals surface area contributed by atoms with Crippen molar-refractivity contribution in [3.8, 4) is 0 Å². The largest absolute Gasteiger partial charge is 0.481 e. The van der Waals surface area contributed by atoms with Crippen molar-refractivity contribution in [2.24, 2.45) is 34.5 Å². The monoisotopic (exact) mass is 308 g/mol. The van der Waals surface area contributed by atoms with Crippen molar-refractivity contribution in [3.05, 3.63) is 12.2 Å². The quantitative estimate of drug-likeness (QED) is 0.732. The molecule has 3 aliphatic rings. The van der Waals surface area contributed by atoms with Crippen molar-refractivity contribution in [2.45, 2.75) is 53.4 Å². The third-order valence-corrected chi connectivity index (χ3v) is 5.58. The van der Waals surface area contributed by atoms with Gasteiger partial charge in [0.2, 0.25) is 0 Å². The minimum atomic E-state index is -1.19. The van der Waals surface area contributed by atoms with E-state index < -0.39 is 28.7 Å². The number of allylic oxidation sites excluding steroid dienone is 2. The molecule has 0 aromatic rings. The molecule has 2 bridgehead atoms. The van der Waals surface area contributed by atoms with Gasteiger partial charge in [-0.25, -0.2) is 0 Å². The molecule has 0 aromatic heterocycles. The molecule has 0 spiro atoms. The minimum Gasteiger partial charge on any atom is -0.481 e. The molecule has 4 unspecified atom stereocenters. The van der Waals surface area contributed by atoms with E-state index in [1.165, 1.54) is 0 Å². The van der Waals surface area contributed by atoms with Crippen LogP contribution in [0.4, 0.5) is 0 Å². The Kier molecular flexibility index (Phi) is 4.42. The fourth-order valence-corrected chi connectivity index (χ4v) is 5.12. The highest BCUT2D eigenvalue weighted by Gasteiger charge is 2.67. The third-order valence-electron chi connectivity index (χ3n) is 5.58. The Morgan fingerprint density at radius 2 is 1.73 bits per heavy atom. The predicted octanol–water partition coefficient (Wildman–Crippen LogP) is 3.82. The molecular formula is C18H28O4.